The zero-order valence-electron chi connectivity index (χ0n) is 11.7. The molecule has 1 aliphatic heterocycles. The Labute approximate surface area is 124 Å². The number of halogens is 1. The quantitative estimate of drug-likeness (QED) is 0.892. The lowest BCUT2D eigenvalue weighted by atomic mass is 9.80. The fourth-order valence-electron chi connectivity index (χ4n) is 2.83. The molecule has 0 spiro atoms. The average molecular weight is 327 g/mol. The van der Waals surface area contributed by atoms with Gasteiger partial charge in [-0.05, 0) is 17.7 Å². The molecule has 2 N–H and O–H groups in total. The summed E-state index contributed by atoms with van der Waals surface area (Å²) in [5.41, 5.74) is 1.13. The molecule has 1 saturated heterocycles. The zero-order chi connectivity index (χ0) is 13.9. The molecule has 1 aromatic rings. The first-order valence-electron chi connectivity index (χ1n) is 6.86. The molecule has 0 amide bonds. The maximum atomic E-state index is 9.76. The Morgan fingerprint density at radius 2 is 1.84 bits per heavy atom. The van der Waals surface area contributed by atoms with Gasteiger partial charge in [-0.3, -0.25) is 4.90 Å². The molecule has 1 fully saturated rings. The molecule has 106 valence electrons. The first-order valence-corrected chi connectivity index (χ1v) is 7.65. The van der Waals surface area contributed by atoms with E-state index in [9.17, 15) is 5.11 Å². The van der Waals surface area contributed by atoms with Crippen molar-refractivity contribution in [2.24, 2.45) is 5.41 Å². The number of benzene rings is 1. The number of hydrogen-bond acceptors (Lipinski definition) is 3. The van der Waals surface area contributed by atoms with Gasteiger partial charge >= 0.3 is 0 Å². The van der Waals surface area contributed by atoms with Crippen LogP contribution < -0.4 is 5.32 Å². The van der Waals surface area contributed by atoms with Gasteiger partial charge < -0.3 is 10.4 Å². The molecule has 1 aromatic carbocycles. The highest BCUT2D eigenvalue weighted by atomic mass is 79.9. The summed E-state index contributed by atoms with van der Waals surface area (Å²) >= 11 is 3.49. The van der Waals surface area contributed by atoms with Gasteiger partial charge in [0.05, 0.1) is 0 Å². The van der Waals surface area contributed by atoms with Gasteiger partial charge in [-0.2, -0.15) is 0 Å². The summed E-state index contributed by atoms with van der Waals surface area (Å²) < 4.78 is 1.09. The van der Waals surface area contributed by atoms with Gasteiger partial charge in [0.25, 0.3) is 0 Å². The standard InChI is InChI=1S/C15H23BrN2O/c1-15(2,11-19)14(18-9-7-17-8-10-18)12-3-5-13(16)6-4-12/h3-6,14,17,19H,7-11H2,1-2H3/t14-/m0/s1. The molecule has 2 rings (SSSR count). The number of rotatable bonds is 4. The normalized spacial score (nSPS) is 19.4. The van der Waals surface area contributed by atoms with Crippen molar-refractivity contribution in [3.05, 3.63) is 34.3 Å². The summed E-state index contributed by atoms with van der Waals surface area (Å²) in [6.45, 7) is 8.58. The Hall–Kier alpha value is -0.420. The van der Waals surface area contributed by atoms with Crippen molar-refractivity contribution >= 4 is 15.9 Å². The number of aliphatic hydroxyl groups is 1. The Morgan fingerprint density at radius 3 is 2.37 bits per heavy atom. The van der Waals surface area contributed by atoms with Crippen LogP contribution in [0.15, 0.2) is 28.7 Å². The van der Waals surface area contributed by atoms with Gasteiger partial charge in [0.1, 0.15) is 0 Å². The van der Waals surface area contributed by atoms with E-state index in [1.807, 2.05) is 0 Å². The van der Waals surface area contributed by atoms with Crippen LogP contribution in [0, 0.1) is 5.41 Å². The molecular formula is C15H23BrN2O. The molecule has 1 heterocycles. The summed E-state index contributed by atoms with van der Waals surface area (Å²) in [6.07, 6.45) is 0. The van der Waals surface area contributed by atoms with Gasteiger partial charge in [-0.15, -0.1) is 0 Å². The Balaban J connectivity index is 2.30. The largest absolute Gasteiger partial charge is 0.396 e. The summed E-state index contributed by atoms with van der Waals surface area (Å²) in [7, 11) is 0. The van der Waals surface area contributed by atoms with Crippen LogP contribution in [0.2, 0.25) is 0 Å². The minimum Gasteiger partial charge on any atom is -0.396 e. The van der Waals surface area contributed by atoms with E-state index < -0.39 is 0 Å². The van der Waals surface area contributed by atoms with Crippen LogP contribution in [0.25, 0.3) is 0 Å². The minimum absolute atomic E-state index is 0.148. The van der Waals surface area contributed by atoms with E-state index in [-0.39, 0.29) is 18.1 Å². The Morgan fingerprint density at radius 1 is 1.26 bits per heavy atom. The molecule has 0 aromatic heterocycles. The lowest BCUT2D eigenvalue weighted by Gasteiger charge is -2.43. The Kier molecular flexibility index (Phi) is 5.01. The lowest BCUT2D eigenvalue weighted by molar-refractivity contribution is 0.0305. The SMILES string of the molecule is CC(C)(CO)[C@H](c1ccc(Br)cc1)N1CCNCC1. The van der Waals surface area contributed by atoms with Gasteiger partial charge in [0.15, 0.2) is 0 Å². The maximum Gasteiger partial charge on any atom is 0.0500 e. The first-order chi connectivity index (χ1) is 9.04. The third-order valence-electron chi connectivity index (χ3n) is 3.85. The van der Waals surface area contributed by atoms with Crippen molar-refractivity contribution in [1.82, 2.24) is 10.2 Å². The molecule has 0 aliphatic carbocycles. The van der Waals surface area contributed by atoms with Gasteiger partial charge in [0.2, 0.25) is 0 Å². The number of aliphatic hydroxyl groups excluding tert-OH is 1. The van der Waals surface area contributed by atoms with Crippen molar-refractivity contribution in [3.8, 4) is 0 Å². The van der Waals surface area contributed by atoms with E-state index in [4.69, 9.17) is 0 Å². The van der Waals surface area contributed by atoms with E-state index >= 15 is 0 Å². The average Bonchev–Trinajstić information content (AvgIpc) is 2.42. The summed E-state index contributed by atoms with van der Waals surface area (Å²) in [5.74, 6) is 0. The second kappa shape index (κ2) is 6.35. The molecule has 0 bridgehead atoms. The van der Waals surface area contributed by atoms with E-state index in [1.165, 1.54) is 5.56 Å². The second-order valence-corrected chi connectivity index (χ2v) is 6.80. The van der Waals surface area contributed by atoms with Crippen LogP contribution >= 0.6 is 15.9 Å². The minimum atomic E-state index is -0.148. The van der Waals surface area contributed by atoms with Crippen LogP contribution in [0.3, 0.4) is 0 Å². The van der Waals surface area contributed by atoms with E-state index in [0.717, 1.165) is 30.7 Å². The maximum absolute atomic E-state index is 9.76. The molecule has 1 atom stereocenters. The predicted octanol–water partition coefficient (Wildman–Crippen LogP) is 2.41. The molecule has 19 heavy (non-hydrogen) atoms. The van der Waals surface area contributed by atoms with Crippen molar-refractivity contribution in [3.63, 3.8) is 0 Å². The van der Waals surface area contributed by atoms with Crippen molar-refractivity contribution in [2.75, 3.05) is 32.8 Å². The monoisotopic (exact) mass is 326 g/mol. The fourth-order valence-corrected chi connectivity index (χ4v) is 3.09. The van der Waals surface area contributed by atoms with Gasteiger partial charge in [0, 0.05) is 48.7 Å². The van der Waals surface area contributed by atoms with Crippen LogP contribution in [-0.2, 0) is 0 Å². The summed E-state index contributed by atoms with van der Waals surface area (Å²) in [6, 6.07) is 8.74. The van der Waals surface area contributed by atoms with Crippen LogP contribution in [0.5, 0.6) is 0 Å². The van der Waals surface area contributed by atoms with E-state index in [0.29, 0.717) is 0 Å². The smallest absolute Gasteiger partial charge is 0.0500 e. The molecule has 0 unspecified atom stereocenters. The molecule has 4 heteroatoms. The number of nitrogens with one attached hydrogen (secondary N) is 1. The number of piperazine rings is 1. The van der Waals surface area contributed by atoms with Gasteiger partial charge in [-0.25, -0.2) is 0 Å². The van der Waals surface area contributed by atoms with Crippen LogP contribution in [-0.4, -0.2) is 42.8 Å². The summed E-state index contributed by atoms with van der Waals surface area (Å²) in [5, 5.41) is 13.1. The number of hydrogen-bond donors (Lipinski definition) is 2. The third kappa shape index (κ3) is 3.57. The highest BCUT2D eigenvalue weighted by molar-refractivity contribution is 9.10. The van der Waals surface area contributed by atoms with Crippen molar-refractivity contribution in [2.45, 2.75) is 19.9 Å². The van der Waals surface area contributed by atoms with Crippen LogP contribution in [0.4, 0.5) is 0 Å². The molecule has 0 saturated carbocycles. The van der Waals surface area contributed by atoms with Crippen molar-refractivity contribution in [1.29, 1.82) is 0 Å². The zero-order valence-corrected chi connectivity index (χ0v) is 13.3. The molecular weight excluding hydrogens is 304 g/mol. The van der Waals surface area contributed by atoms with Gasteiger partial charge in [-0.1, -0.05) is 41.9 Å². The molecule has 3 nitrogen and oxygen atoms in total. The fraction of sp³-hybridized carbons (Fsp3) is 0.600. The first kappa shape index (κ1) is 15.0. The highest BCUT2D eigenvalue weighted by Gasteiger charge is 2.35. The van der Waals surface area contributed by atoms with Crippen molar-refractivity contribution < 1.29 is 5.11 Å². The molecule has 1 aliphatic rings. The van der Waals surface area contributed by atoms with E-state index in [2.05, 4.69) is 64.3 Å². The predicted molar refractivity (Wildman–Crippen MR) is 82.2 cm³/mol. The summed E-state index contributed by atoms with van der Waals surface area (Å²) in [4.78, 5) is 2.48. The second-order valence-electron chi connectivity index (χ2n) is 5.89. The van der Waals surface area contributed by atoms with Crippen LogP contribution in [0.1, 0.15) is 25.5 Å². The topological polar surface area (TPSA) is 35.5 Å². The molecule has 0 radical (unpaired) electrons. The Bertz CT molecular complexity index is 399. The lowest BCUT2D eigenvalue weighted by Crippen LogP contribution is -2.49. The highest BCUT2D eigenvalue weighted by Crippen LogP contribution is 2.38. The van der Waals surface area contributed by atoms with E-state index in [1.54, 1.807) is 0 Å². The number of nitrogens with zero attached hydrogens (tertiary/aromatic N) is 1. The third-order valence-corrected chi connectivity index (χ3v) is 4.38.